The zero-order chi connectivity index (χ0) is 24.0. The van der Waals surface area contributed by atoms with Crippen LogP contribution in [0.5, 0.6) is 0 Å². The third kappa shape index (κ3) is 8.78. The van der Waals surface area contributed by atoms with Gasteiger partial charge < -0.3 is 0 Å². The highest BCUT2D eigenvalue weighted by Gasteiger charge is 2.24. The highest BCUT2D eigenvalue weighted by molar-refractivity contribution is 5.55. The number of hydrogen-bond acceptors (Lipinski definition) is 2. The fourth-order valence-corrected chi connectivity index (χ4v) is 5.54. The lowest BCUT2D eigenvalue weighted by Gasteiger charge is -2.29. The highest BCUT2D eigenvalue weighted by Crippen LogP contribution is 2.39. The van der Waals surface area contributed by atoms with Crippen molar-refractivity contribution in [2.24, 2.45) is 5.92 Å². The van der Waals surface area contributed by atoms with Crippen LogP contribution in [0, 0.1) is 11.7 Å². The summed E-state index contributed by atoms with van der Waals surface area (Å²) in [5.74, 6) is 1.76. The van der Waals surface area contributed by atoms with E-state index in [0.717, 1.165) is 36.3 Å². The lowest BCUT2D eigenvalue weighted by atomic mass is 9.76. The molecule has 0 N–H and O–H groups in total. The molecule has 0 atom stereocenters. The molecule has 1 aliphatic rings. The quantitative estimate of drug-likeness (QED) is 0.244. The summed E-state index contributed by atoms with van der Waals surface area (Å²) in [6.07, 6.45) is 25.6. The monoisotopic (exact) mass is 466 g/mol. The average molecular weight is 467 g/mol. The maximum atomic E-state index is 15.1. The third-order valence-electron chi connectivity index (χ3n) is 7.79. The van der Waals surface area contributed by atoms with Crippen LogP contribution in [-0.4, -0.2) is 9.97 Å². The van der Waals surface area contributed by atoms with Gasteiger partial charge in [0.1, 0.15) is 5.82 Å². The summed E-state index contributed by atoms with van der Waals surface area (Å²) in [6.45, 7) is 4.52. The van der Waals surface area contributed by atoms with Gasteiger partial charge in [-0.05, 0) is 67.6 Å². The Morgan fingerprint density at radius 3 is 2.03 bits per heavy atom. The van der Waals surface area contributed by atoms with E-state index in [4.69, 9.17) is 0 Å². The Balaban J connectivity index is 1.45. The topological polar surface area (TPSA) is 25.8 Å². The molecule has 188 valence electrons. The van der Waals surface area contributed by atoms with Crippen molar-refractivity contribution in [3.05, 3.63) is 47.5 Å². The number of nitrogens with zero attached hydrogens (tertiary/aromatic N) is 2. The van der Waals surface area contributed by atoms with Gasteiger partial charge >= 0.3 is 0 Å². The summed E-state index contributed by atoms with van der Waals surface area (Å²) >= 11 is 0. The Morgan fingerprint density at radius 2 is 1.38 bits per heavy atom. The van der Waals surface area contributed by atoms with E-state index in [-0.39, 0.29) is 5.82 Å². The van der Waals surface area contributed by atoms with Gasteiger partial charge in [0, 0.05) is 18.0 Å². The van der Waals surface area contributed by atoms with Crippen molar-refractivity contribution in [3.8, 4) is 11.4 Å². The van der Waals surface area contributed by atoms with E-state index < -0.39 is 0 Å². The van der Waals surface area contributed by atoms with E-state index in [1.165, 1.54) is 95.5 Å². The van der Waals surface area contributed by atoms with Crippen LogP contribution in [0.4, 0.5) is 4.39 Å². The summed E-state index contributed by atoms with van der Waals surface area (Å²) < 4.78 is 15.1. The molecule has 1 aromatic heterocycles. The van der Waals surface area contributed by atoms with Crippen molar-refractivity contribution < 1.29 is 4.39 Å². The average Bonchev–Trinajstić information content (AvgIpc) is 2.87. The number of hydrogen-bond donors (Lipinski definition) is 0. The molecule has 3 heteroatoms. The molecule has 1 aliphatic carbocycles. The third-order valence-corrected chi connectivity index (χ3v) is 7.79. The summed E-state index contributed by atoms with van der Waals surface area (Å²) in [5.41, 5.74) is 2.86. The first-order valence-electron chi connectivity index (χ1n) is 14.3. The van der Waals surface area contributed by atoms with E-state index in [0.29, 0.717) is 11.7 Å². The van der Waals surface area contributed by atoms with Crippen LogP contribution in [0.15, 0.2) is 30.6 Å². The fourth-order valence-electron chi connectivity index (χ4n) is 5.54. The molecule has 1 saturated carbocycles. The van der Waals surface area contributed by atoms with Crippen molar-refractivity contribution in [1.29, 1.82) is 0 Å². The molecular formula is C31H47FN2. The van der Waals surface area contributed by atoms with Crippen LogP contribution in [0.1, 0.15) is 134 Å². The van der Waals surface area contributed by atoms with Gasteiger partial charge in [0.2, 0.25) is 0 Å². The molecule has 0 bridgehead atoms. The predicted molar refractivity (Wildman–Crippen MR) is 143 cm³/mol. The van der Waals surface area contributed by atoms with Crippen molar-refractivity contribution in [2.75, 3.05) is 0 Å². The predicted octanol–water partition coefficient (Wildman–Crippen LogP) is 9.82. The van der Waals surface area contributed by atoms with Crippen LogP contribution < -0.4 is 0 Å². The molecule has 1 heterocycles. The smallest absolute Gasteiger partial charge is 0.159 e. The van der Waals surface area contributed by atoms with Gasteiger partial charge in [-0.3, -0.25) is 0 Å². The second kappa shape index (κ2) is 15.3. The lowest BCUT2D eigenvalue weighted by Crippen LogP contribution is -2.14. The molecule has 3 rings (SSSR count). The first kappa shape index (κ1) is 26.8. The number of rotatable bonds is 15. The zero-order valence-electron chi connectivity index (χ0n) is 21.8. The Kier molecular flexibility index (Phi) is 12.1. The van der Waals surface area contributed by atoms with Crippen LogP contribution in [-0.2, 0) is 6.42 Å². The minimum Gasteiger partial charge on any atom is -0.236 e. The van der Waals surface area contributed by atoms with Gasteiger partial charge in [-0.2, -0.15) is 0 Å². The largest absolute Gasteiger partial charge is 0.236 e. The van der Waals surface area contributed by atoms with Crippen molar-refractivity contribution in [1.82, 2.24) is 9.97 Å². The summed E-state index contributed by atoms with van der Waals surface area (Å²) in [6, 6.07) is 5.66. The maximum Gasteiger partial charge on any atom is 0.159 e. The number of aromatic nitrogens is 2. The number of unbranched alkanes of at least 4 members (excludes halogenated alkanes) is 9. The first-order valence-corrected chi connectivity index (χ1v) is 14.3. The van der Waals surface area contributed by atoms with Gasteiger partial charge in [0.25, 0.3) is 0 Å². The van der Waals surface area contributed by atoms with Gasteiger partial charge in [0.15, 0.2) is 5.82 Å². The van der Waals surface area contributed by atoms with Crippen LogP contribution in [0.2, 0.25) is 0 Å². The van der Waals surface area contributed by atoms with Crippen molar-refractivity contribution in [3.63, 3.8) is 0 Å². The van der Waals surface area contributed by atoms with Gasteiger partial charge in [-0.1, -0.05) is 96.6 Å². The molecule has 0 unspecified atom stereocenters. The van der Waals surface area contributed by atoms with Crippen LogP contribution >= 0.6 is 0 Å². The van der Waals surface area contributed by atoms with Crippen LogP contribution in [0.25, 0.3) is 11.4 Å². The highest BCUT2D eigenvalue weighted by atomic mass is 19.1. The number of aryl methyl sites for hydroxylation is 1. The summed E-state index contributed by atoms with van der Waals surface area (Å²) in [4.78, 5) is 9.08. The maximum absolute atomic E-state index is 15.1. The van der Waals surface area contributed by atoms with Crippen molar-refractivity contribution in [2.45, 2.75) is 129 Å². The minimum atomic E-state index is -0.0831. The molecule has 1 fully saturated rings. The van der Waals surface area contributed by atoms with E-state index >= 15 is 4.39 Å². The van der Waals surface area contributed by atoms with E-state index in [1.807, 2.05) is 24.5 Å². The number of benzene rings is 1. The lowest BCUT2D eigenvalue weighted by molar-refractivity contribution is 0.298. The van der Waals surface area contributed by atoms with Crippen LogP contribution in [0.3, 0.4) is 0 Å². The van der Waals surface area contributed by atoms with E-state index in [1.54, 1.807) is 6.07 Å². The second-order valence-electron chi connectivity index (χ2n) is 10.6. The molecule has 2 nitrogen and oxygen atoms in total. The fraction of sp³-hybridized carbons (Fsp3) is 0.677. The Morgan fingerprint density at radius 1 is 0.765 bits per heavy atom. The zero-order valence-corrected chi connectivity index (χ0v) is 21.8. The van der Waals surface area contributed by atoms with Crippen molar-refractivity contribution >= 4 is 0 Å². The SMILES string of the molecule is CCCCCCCCc1cnc(-c2ccc(C3CCC(CCCCCCC)CC3)c(F)c2)nc1. The molecule has 0 saturated heterocycles. The Labute approximate surface area is 208 Å². The molecule has 34 heavy (non-hydrogen) atoms. The van der Waals surface area contributed by atoms with E-state index in [9.17, 15) is 0 Å². The summed E-state index contributed by atoms with van der Waals surface area (Å²) in [7, 11) is 0. The second-order valence-corrected chi connectivity index (χ2v) is 10.6. The standard InChI is InChI=1S/C31H47FN2/c1-3-5-7-9-11-13-15-26-23-33-31(34-24-26)28-20-21-29(30(32)22-28)27-18-16-25(17-19-27)14-12-10-8-6-4-2/h20-25,27H,3-19H2,1-2H3. The first-order chi connectivity index (χ1) is 16.7. The molecule has 0 amide bonds. The Hall–Kier alpha value is -1.77. The normalized spacial score (nSPS) is 18.3. The van der Waals surface area contributed by atoms with Gasteiger partial charge in [0.05, 0.1) is 0 Å². The van der Waals surface area contributed by atoms with Gasteiger partial charge in [-0.25, -0.2) is 14.4 Å². The molecule has 0 spiro atoms. The van der Waals surface area contributed by atoms with Gasteiger partial charge in [-0.15, -0.1) is 0 Å². The molecule has 0 radical (unpaired) electrons. The van der Waals surface area contributed by atoms with E-state index in [2.05, 4.69) is 23.8 Å². The molecular weight excluding hydrogens is 419 g/mol. The Bertz CT molecular complexity index is 809. The molecule has 1 aromatic carbocycles. The number of halogens is 1. The molecule has 0 aliphatic heterocycles. The summed E-state index contributed by atoms with van der Waals surface area (Å²) in [5, 5.41) is 0. The molecule has 2 aromatic rings. The minimum absolute atomic E-state index is 0.0831.